The largest absolute Gasteiger partial charge is 0.330 e. The number of carbonyl (C=O) groups is 1. The van der Waals surface area contributed by atoms with Gasteiger partial charge in [0, 0.05) is 10.4 Å². The zero-order valence-electron chi connectivity index (χ0n) is 11.9. The standard InChI is InChI=1S/C16H19N3OS/c17-10-9-11-5-7-12(8-6-11)15(20)19-16-18-13-3-1-2-4-14(13)21-16/h5-8H,1-4,9-10,17H2,(H,18,19,20). The molecule has 1 aliphatic carbocycles. The Morgan fingerprint density at radius 2 is 2.00 bits per heavy atom. The molecule has 5 heteroatoms. The molecule has 0 saturated heterocycles. The Hall–Kier alpha value is -1.72. The number of benzene rings is 1. The maximum absolute atomic E-state index is 12.2. The average Bonchev–Trinajstić information content (AvgIpc) is 2.90. The highest BCUT2D eigenvalue weighted by atomic mass is 32.1. The molecule has 1 heterocycles. The Morgan fingerprint density at radius 3 is 2.71 bits per heavy atom. The van der Waals surface area contributed by atoms with Crippen molar-refractivity contribution >= 4 is 22.4 Å². The lowest BCUT2D eigenvalue weighted by Gasteiger charge is -2.06. The van der Waals surface area contributed by atoms with Crippen LogP contribution in [0.3, 0.4) is 0 Å². The molecule has 1 aliphatic rings. The third-order valence-electron chi connectivity index (χ3n) is 3.72. The van der Waals surface area contributed by atoms with Crippen LogP contribution in [0.5, 0.6) is 0 Å². The van der Waals surface area contributed by atoms with Crippen LogP contribution < -0.4 is 11.1 Å². The lowest BCUT2D eigenvalue weighted by atomic mass is 10.0. The van der Waals surface area contributed by atoms with Crippen LogP contribution in [-0.2, 0) is 19.3 Å². The third kappa shape index (κ3) is 3.31. The van der Waals surface area contributed by atoms with Crippen molar-refractivity contribution in [2.75, 3.05) is 11.9 Å². The first-order chi connectivity index (χ1) is 10.3. The predicted molar refractivity (Wildman–Crippen MR) is 85.9 cm³/mol. The van der Waals surface area contributed by atoms with Gasteiger partial charge in [-0.1, -0.05) is 12.1 Å². The second kappa shape index (κ2) is 6.37. The monoisotopic (exact) mass is 301 g/mol. The number of anilines is 1. The van der Waals surface area contributed by atoms with Crippen LogP contribution in [0.4, 0.5) is 5.13 Å². The van der Waals surface area contributed by atoms with Gasteiger partial charge in [0.25, 0.3) is 5.91 Å². The highest BCUT2D eigenvalue weighted by molar-refractivity contribution is 7.15. The van der Waals surface area contributed by atoms with Crippen molar-refractivity contribution in [3.63, 3.8) is 0 Å². The summed E-state index contributed by atoms with van der Waals surface area (Å²) >= 11 is 1.61. The number of nitrogens with zero attached hydrogens (tertiary/aromatic N) is 1. The Labute approximate surface area is 128 Å². The molecule has 0 fully saturated rings. The molecule has 1 aromatic heterocycles. The lowest BCUT2D eigenvalue weighted by Crippen LogP contribution is -2.12. The number of aryl methyl sites for hydroxylation is 2. The second-order valence-electron chi connectivity index (χ2n) is 5.29. The second-order valence-corrected chi connectivity index (χ2v) is 6.37. The summed E-state index contributed by atoms with van der Waals surface area (Å²) < 4.78 is 0. The van der Waals surface area contributed by atoms with Crippen LogP contribution in [0.25, 0.3) is 0 Å². The first-order valence-electron chi connectivity index (χ1n) is 7.35. The van der Waals surface area contributed by atoms with Crippen LogP contribution >= 0.6 is 11.3 Å². The van der Waals surface area contributed by atoms with Gasteiger partial charge in [-0.15, -0.1) is 11.3 Å². The van der Waals surface area contributed by atoms with Crippen LogP contribution in [0.1, 0.15) is 39.3 Å². The number of hydrogen-bond acceptors (Lipinski definition) is 4. The minimum atomic E-state index is -0.0969. The van der Waals surface area contributed by atoms with Crippen molar-refractivity contribution in [2.45, 2.75) is 32.1 Å². The first kappa shape index (κ1) is 14.2. The molecule has 110 valence electrons. The summed E-state index contributed by atoms with van der Waals surface area (Å²) in [5.41, 5.74) is 8.50. The fraction of sp³-hybridized carbons (Fsp3) is 0.375. The molecule has 0 spiro atoms. The van der Waals surface area contributed by atoms with E-state index in [1.165, 1.54) is 23.4 Å². The van der Waals surface area contributed by atoms with E-state index in [0.717, 1.165) is 30.0 Å². The van der Waals surface area contributed by atoms with E-state index in [0.29, 0.717) is 12.1 Å². The highest BCUT2D eigenvalue weighted by Crippen LogP contribution is 2.29. The van der Waals surface area contributed by atoms with Gasteiger partial charge < -0.3 is 5.73 Å². The SMILES string of the molecule is NCCc1ccc(C(=O)Nc2nc3c(s2)CCCC3)cc1. The Bertz CT molecular complexity index is 610. The third-order valence-corrected chi connectivity index (χ3v) is 4.79. The number of nitrogens with one attached hydrogen (secondary N) is 1. The molecule has 0 saturated carbocycles. The summed E-state index contributed by atoms with van der Waals surface area (Å²) in [6.07, 6.45) is 5.39. The fourth-order valence-corrected chi connectivity index (χ4v) is 3.61. The van der Waals surface area contributed by atoms with Gasteiger partial charge >= 0.3 is 0 Å². The van der Waals surface area contributed by atoms with Gasteiger partial charge in [-0.2, -0.15) is 0 Å². The molecule has 0 bridgehead atoms. The maximum atomic E-state index is 12.2. The summed E-state index contributed by atoms with van der Waals surface area (Å²) in [5.74, 6) is -0.0969. The summed E-state index contributed by atoms with van der Waals surface area (Å²) in [4.78, 5) is 18.1. The molecule has 1 aromatic carbocycles. The minimum Gasteiger partial charge on any atom is -0.330 e. The number of amides is 1. The maximum Gasteiger partial charge on any atom is 0.257 e. The van der Waals surface area contributed by atoms with Gasteiger partial charge in [-0.25, -0.2) is 4.98 Å². The number of rotatable bonds is 4. The predicted octanol–water partition coefficient (Wildman–Crippen LogP) is 2.78. The normalized spacial score (nSPS) is 13.8. The van der Waals surface area contributed by atoms with Crippen molar-refractivity contribution < 1.29 is 4.79 Å². The van der Waals surface area contributed by atoms with Crippen molar-refractivity contribution in [2.24, 2.45) is 5.73 Å². The van der Waals surface area contributed by atoms with Crippen molar-refractivity contribution in [1.82, 2.24) is 4.98 Å². The van der Waals surface area contributed by atoms with Crippen LogP contribution in [-0.4, -0.2) is 17.4 Å². The lowest BCUT2D eigenvalue weighted by molar-refractivity contribution is 0.102. The molecule has 0 unspecified atom stereocenters. The topological polar surface area (TPSA) is 68.0 Å². The zero-order valence-corrected chi connectivity index (χ0v) is 12.7. The number of fused-ring (bicyclic) bond motifs is 1. The van der Waals surface area contributed by atoms with Crippen molar-refractivity contribution in [3.05, 3.63) is 46.0 Å². The highest BCUT2D eigenvalue weighted by Gasteiger charge is 2.16. The Morgan fingerprint density at radius 1 is 1.24 bits per heavy atom. The van der Waals surface area contributed by atoms with E-state index in [1.54, 1.807) is 11.3 Å². The molecule has 0 aliphatic heterocycles. The van der Waals surface area contributed by atoms with E-state index in [2.05, 4.69) is 10.3 Å². The summed E-state index contributed by atoms with van der Waals surface area (Å²) in [6, 6.07) is 7.59. The van der Waals surface area contributed by atoms with E-state index < -0.39 is 0 Å². The summed E-state index contributed by atoms with van der Waals surface area (Å²) in [7, 11) is 0. The Kier molecular flexibility index (Phi) is 4.31. The Balaban J connectivity index is 1.69. The molecule has 0 atom stereocenters. The van der Waals surface area contributed by atoms with Gasteiger partial charge in [0.05, 0.1) is 5.69 Å². The smallest absolute Gasteiger partial charge is 0.257 e. The number of thiazole rings is 1. The summed E-state index contributed by atoms with van der Waals surface area (Å²) in [6.45, 7) is 0.621. The van der Waals surface area contributed by atoms with Gasteiger partial charge in [-0.05, 0) is 56.3 Å². The van der Waals surface area contributed by atoms with Crippen LogP contribution in [0, 0.1) is 0 Å². The van der Waals surface area contributed by atoms with E-state index in [4.69, 9.17) is 5.73 Å². The average molecular weight is 301 g/mol. The zero-order chi connectivity index (χ0) is 14.7. The number of hydrogen-bond donors (Lipinski definition) is 2. The molecular formula is C16H19N3OS. The fourth-order valence-electron chi connectivity index (χ4n) is 2.56. The van der Waals surface area contributed by atoms with Crippen LogP contribution in [0.2, 0.25) is 0 Å². The number of nitrogens with two attached hydrogens (primary N) is 1. The van der Waals surface area contributed by atoms with Gasteiger partial charge in [0.2, 0.25) is 0 Å². The van der Waals surface area contributed by atoms with E-state index >= 15 is 0 Å². The van der Waals surface area contributed by atoms with Crippen LogP contribution in [0.15, 0.2) is 24.3 Å². The van der Waals surface area contributed by atoms with E-state index in [-0.39, 0.29) is 5.91 Å². The quantitative estimate of drug-likeness (QED) is 0.912. The first-order valence-corrected chi connectivity index (χ1v) is 8.17. The molecule has 2 aromatic rings. The van der Waals surface area contributed by atoms with E-state index in [9.17, 15) is 4.79 Å². The molecule has 4 nitrogen and oxygen atoms in total. The van der Waals surface area contributed by atoms with Crippen molar-refractivity contribution in [1.29, 1.82) is 0 Å². The number of carbonyl (C=O) groups excluding carboxylic acids is 1. The minimum absolute atomic E-state index is 0.0969. The molecule has 21 heavy (non-hydrogen) atoms. The number of aromatic nitrogens is 1. The van der Waals surface area contributed by atoms with Crippen molar-refractivity contribution in [3.8, 4) is 0 Å². The van der Waals surface area contributed by atoms with Gasteiger partial charge in [-0.3, -0.25) is 10.1 Å². The molecule has 0 radical (unpaired) electrons. The molecule has 3 rings (SSSR count). The van der Waals surface area contributed by atoms with E-state index in [1.807, 2.05) is 24.3 Å². The van der Waals surface area contributed by atoms with Gasteiger partial charge in [0.15, 0.2) is 5.13 Å². The summed E-state index contributed by atoms with van der Waals surface area (Å²) in [5, 5.41) is 3.63. The molecular weight excluding hydrogens is 282 g/mol. The molecule has 3 N–H and O–H groups in total. The van der Waals surface area contributed by atoms with Gasteiger partial charge in [0.1, 0.15) is 0 Å². The molecule has 1 amide bonds.